The summed E-state index contributed by atoms with van der Waals surface area (Å²) in [5.41, 5.74) is 0.653. The van der Waals surface area contributed by atoms with E-state index in [-0.39, 0.29) is 31.0 Å². The summed E-state index contributed by atoms with van der Waals surface area (Å²) in [5, 5.41) is 11.6. The number of carboxylic acid groups (broad SMARTS) is 1. The van der Waals surface area contributed by atoms with Crippen LogP contribution in [0.1, 0.15) is 23.7 Å². The van der Waals surface area contributed by atoms with Crippen molar-refractivity contribution in [3.8, 4) is 28.8 Å². The lowest BCUT2D eigenvalue weighted by Crippen LogP contribution is -2.54. The maximum absolute atomic E-state index is 14.2. The van der Waals surface area contributed by atoms with Crippen LogP contribution >= 0.6 is 0 Å². The predicted molar refractivity (Wildman–Crippen MR) is 121 cm³/mol. The Morgan fingerprint density at radius 3 is 2.77 bits per heavy atom. The quantitative estimate of drug-likeness (QED) is 0.520. The van der Waals surface area contributed by atoms with Crippen molar-refractivity contribution in [1.82, 2.24) is 30.2 Å². The van der Waals surface area contributed by atoms with E-state index in [4.69, 9.17) is 14.6 Å². The normalized spacial score (nSPS) is 17.5. The zero-order valence-corrected chi connectivity index (χ0v) is 18.8. The van der Waals surface area contributed by atoms with Crippen LogP contribution in [0.15, 0.2) is 49.2 Å². The molecule has 1 fully saturated rings. The molecular formula is C23H23FN6O5. The molecule has 3 aromatic rings. The van der Waals surface area contributed by atoms with Gasteiger partial charge in [-0.25, -0.2) is 24.1 Å². The van der Waals surface area contributed by atoms with Crippen molar-refractivity contribution in [2.75, 3.05) is 19.7 Å². The van der Waals surface area contributed by atoms with Gasteiger partial charge in [-0.2, -0.15) is 0 Å². The highest BCUT2D eigenvalue weighted by molar-refractivity contribution is 5.94. The molecule has 0 bridgehead atoms. The first-order valence-electron chi connectivity index (χ1n) is 10.9. The fraction of sp³-hybridized carbons (Fsp3) is 0.304. The highest BCUT2D eigenvalue weighted by Crippen LogP contribution is 2.30. The minimum atomic E-state index is -1.34. The summed E-state index contributed by atoms with van der Waals surface area (Å²) in [5.74, 6) is 0.874. The Morgan fingerprint density at radius 1 is 1.23 bits per heavy atom. The van der Waals surface area contributed by atoms with E-state index in [9.17, 15) is 14.0 Å². The largest absolute Gasteiger partial charge is 0.488 e. The number of hydrogen-bond donors (Lipinski definition) is 2. The second kappa shape index (κ2) is 10.7. The van der Waals surface area contributed by atoms with Crippen molar-refractivity contribution in [2.45, 2.75) is 25.6 Å². The Balaban J connectivity index is 1.44. The van der Waals surface area contributed by atoms with Gasteiger partial charge in [0.25, 0.3) is 11.8 Å². The molecule has 1 saturated heterocycles. The Kier molecular flexibility index (Phi) is 7.29. The number of hydrogen-bond acceptors (Lipinski definition) is 8. The highest BCUT2D eigenvalue weighted by atomic mass is 19.1. The lowest BCUT2D eigenvalue weighted by atomic mass is 10.0. The number of alkyl halides is 1. The number of carbonyl (C=O) groups excluding carboxylic acids is 1. The molecule has 1 aliphatic rings. The first-order valence-corrected chi connectivity index (χ1v) is 10.9. The summed E-state index contributed by atoms with van der Waals surface area (Å²) in [4.78, 5) is 41.5. The standard InChI is InChI=1S/C23H23FN6O5/c1-2-34-19-4-3-6-26-22(19)35-16-8-14(9-25-12-16)20-27-10-15(11-28-20)21(31)29-18-13-30(23(32)33)7-5-17(18)24/h3-4,6,8-12,17-18H,2,5,7,13H2,1H3,(H,29,31)(H,32,33)/t17-,18+/m0/s1. The molecule has 12 heteroatoms. The Labute approximate surface area is 200 Å². The van der Waals surface area contributed by atoms with Gasteiger partial charge in [0.15, 0.2) is 11.6 Å². The summed E-state index contributed by atoms with van der Waals surface area (Å²) in [7, 11) is 0. The molecule has 4 rings (SSSR count). The Bertz CT molecular complexity index is 1200. The monoisotopic (exact) mass is 482 g/mol. The fourth-order valence-electron chi connectivity index (χ4n) is 3.51. The second-order valence-corrected chi connectivity index (χ2v) is 7.66. The number of piperidine rings is 1. The summed E-state index contributed by atoms with van der Waals surface area (Å²) >= 11 is 0. The van der Waals surface area contributed by atoms with Crippen LogP contribution in [0.5, 0.6) is 17.4 Å². The van der Waals surface area contributed by atoms with Gasteiger partial charge in [-0.05, 0) is 31.5 Å². The second-order valence-electron chi connectivity index (χ2n) is 7.66. The Hall–Kier alpha value is -4.35. The van der Waals surface area contributed by atoms with Crippen molar-refractivity contribution in [3.05, 3.63) is 54.7 Å². The minimum absolute atomic E-state index is 0.0165. The van der Waals surface area contributed by atoms with Crippen molar-refractivity contribution in [2.24, 2.45) is 0 Å². The van der Waals surface area contributed by atoms with Gasteiger partial charge in [0.2, 0.25) is 0 Å². The highest BCUT2D eigenvalue weighted by Gasteiger charge is 2.32. The van der Waals surface area contributed by atoms with Crippen LogP contribution in [0.25, 0.3) is 11.4 Å². The van der Waals surface area contributed by atoms with Gasteiger partial charge in [-0.15, -0.1) is 0 Å². The predicted octanol–water partition coefficient (Wildman–Crippen LogP) is 2.94. The maximum atomic E-state index is 14.2. The summed E-state index contributed by atoms with van der Waals surface area (Å²) < 4.78 is 25.5. The zero-order chi connectivity index (χ0) is 24.8. The topological polar surface area (TPSA) is 140 Å². The van der Waals surface area contributed by atoms with E-state index in [2.05, 4.69) is 25.3 Å². The van der Waals surface area contributed by atoms with Gasteiger partial charge in [0.1, 0.15) is 11.9 Å². The summed E-state index contributed by atoms with van der Waals surface area (Å²) in [6.45, 7) is 2.28. The van der Waals surface area contributed by atoms with Crippen molar-refractivity contribution in [3.63, 3.8) is 0 Å². The lowest BCUT2D eigenvalue weighted by molar-refractivity contribution is 0.0752. The smallest absolute Gasteiger partial charge is 0.407 e. The van der Waals surface area contributed by atoms with E-state index in [0.717, 1.165) is 4.90 Å². The molecule has 35 heavy (non-hydrogen) atoms. The van der Waals surface area contributed by atoms with Gasteiger partial charge in [0.05, 0.1) is 24.4 Å². The van der Waals surface area contributed by atoms with E-state index < -0.39 is 24.2 Å². The number of nitrogens with one attached hydrogen (secondary N) is 1. The Morgan fingerprint density at radius 2 is 2.03 bits per heavy atom. The van der Waals surface area contributed by atoms with Crippen LogP contribution in [0.4, 0.5) is 9.18 Å². The molecule has 1 aliphatic heterocycles. The molecule has 0 radical (unpaired) electrons. The average molecular weight is 482 g/mol. The van der Waals surface area contributed by atoms with Crippen LogP contribution < -0.4 is 14.8 Å². The third-order valence-corrected chi connectivity index (χ3v) is 5.25. The van der Waals surface area contributed by atoms with Gasteiger partial charge >= 0.3 is 6.09 Å². The van der Waals surface area contributed by atoms with Crippen LogP contribution in [0.2, 0.25) is 0 Å². The average Bonchev–Trinajstić information content (AvgIpc) is 2.87. The molecule has 11 nitrogen and oxygen atoms in total. The van der Waals surface area contributed by atoms with E-state index in [0.29, 0.717) is 29.5 Å². The third-order valence-electron chi connectivity index (χ3n) is 5.25. The molecule has 2 N–H and O–H groups in total. The maximum Gasteiger partial charge on any atom is 0.407 e. The third kappa shape index (κ3) is 5.78. The number of aromatic nitrogens is 4. The summed E-state index contributed by atoms with van der Waals surface area (Å²) in [6.07, 6.45) is 4.77. The van der Waals surface area contributed by atoms with E-state index in [1.165, 1.54) is 18.6 Å². The van der Waals surface area contributed by atoms with Crippen LogP contribution in [-0.2, 0) is 0 Å². The van der Waals surface area contributed by atoms with Crippen LogP contribution in [-0.4, -0.2) is 73.9 Å². The van der Waals surface area contributed by atoms with Gasteiger partial charge in [0, 0.05) is 43.4 Å². The molecular weight excluding hydrogens is 459 g/mol. The molecule has 0 spiro atoms. The first kappa shape index (κ1) is 23.8. The molecule has 182 valence electrons. The molecule has 0 aliphatic carbocycles. The van der Waals surface area contributed by atoms with Gasteiger partial charge in [-0.1, -0.05) is 0 Å². The number of likely N-dealkylation sites (tertiary alicyclic amines) is 1. The fourth-order valence-corrected chi connectivity index (χ4v) is 3.51. The molecule has 2 atom stereocenters. The number of ether oxygens (including phenoxy) is 2. The number of pyridine rings is 2. The van der Waals surface area contributed by atoms with Gasteiger partial charge < -0.3 is 24.8 Å². The summed E-state index contributed by atoms with van der Waals surface area (Å²) in [6, 6.07) is 4.21. The van der Waals surface area contributed by atoms with Gasteiger partial charge in [-0.3, -0.25) is 9.78 Å². The number of nitrogens with zero attached hydrogens (tertiary/aromatic N) is 5. The lowest BCUT2D eigenvalue weighted by Gasteiger charge is -2.33. The van der Waals surface area contributed by atoms with E-state index >= 15 is 0 Å². The minimum Gasteiger partial charge on any atom is -0.488 e. The molecule has 0 saturated carbocycles. The molecule has 0 unspecified atom stereocenters. The van der Waals surface area contributed by atoms with E-state index in [1.54, 1.807) is 30.6 Å². The SMILES string of the molecule is CCOc1cccnc1Oc1cncc(-c2ncc(C(=O)N[C@@H]3CN(C(=O)O)CC[C@@H]3F)cn2)c1. The van der Waals surface area contributed by atoms with Crippen molar-refractivity contribution >= 4 is 12.0 Å². The molecule has 4 heterocycles. The van der Waals surface area contributed by atoms with Crippen molar-refractivity contribution < 1.29 is 28.6 Å². The zero-order valence-electron chi connectivity index (χ0n) is 18.8. The molecule has 3 aromatic heterocycles. The number of amides is 2. The first-order chi connectivity index (χ1) is 16.9. The van der Waals surface area contributed by atoms with Crippen LogP contribution in [0.3, 0.4) is 0 Å². The molecule has 2 amide bonds. The van der Waals surface area contributed by atoms with Crippen LogP contribution in [0, 0.1) is 0 Å². The van der Waals surface area contributed by atoms with E-state index in [1.807, 2.05) is 6.92 Å². The van der Waals surface area contributed by atoms with Crippen molar-refractivity contribution in [1.29, 1.82) is 0 Å². The number of halogens is 1. The molecule has 0 aromatic carbocycles. The number of carbonyl (C=O) groups is 2. The number of rotatable bonds is 7.